The quantitative estimate of drug-likeness (QED) is 0.655. The number of nitrogens with zero attached hydrogens (tertiary/aromatic N) is 2. The van der Waals surface area contributed by atoms with Crippen LogP contribution in [0, 0.1) is 5.92 Å². The van der Waals surface area contributed by atoms with Crippen LogP contribution in [0.25, 0.3) is 0 Å². The second kappa shape index (κ2) is 10.4. The normalized spacial score (nSPS) is 15.4. The molecule has 1 atom stereocenters. The van der Waals surface area contributed by atoms with Gasteiger partial charge in [-0.2, -0.15) is 0 Å². The molecule has 170 valence electrons. The highest BCUT2D eigenvalue weighted by Gasteiger charge is 2.38. The zero-order chi connectivity index (χ0) is 23.3. The summed E-state index contributed by atoms with van der Waals surface area (Å²) in [6.45, 7) is 2.22. The Hall–Kier alpha value is -3.26. The summed E-state index contributed by atoms with van der Waals surface area (Å²) in [4.78, 5) is 41.2. The molecule has 0 bridgehead atoms. The minimum Gasteiger partial charge on any atom is -0.497 e. The molecule has 0 spiro atoms. The van der Waals surface area contributed by atoms with Crippen LogP contribution in [0.3, 0.4) is 0 Å². The van der Waals surface area contributed by atoms with Gasteiger partial charge >= 0.3 is 0 Å². The fourth-order valence-electron chi connectivity index (χ4n) is 3.66. The highest BCUT2D eigenvalue weighted by molar-refractivity contribution is 6.31. The standard InChI is InChI=1S/C23H26ClN3O5/c1-4-26(14-21(28)25-17-6-5-7-18(12-17)31-2)23(30)15-10-22(29)27(13-15)19-11-16(24)8-9-20(19)32-3/h5-9,11-12,15H,4,10,13-14H2,1-3H3,(H,25,28). The molecular weight excluding hydrogens is 434 g/mol. The number of amides is 3. The van der Waals surface area contributed by atoms with Gasteiger partial charge in [-0.3, -0.25) is 14.4 Å². The third kappa shape index (κ3) is 5.31. The molecule has 0 saturated carbocycles. The summed E-state index contributed by atoms with van der Waals surface area (Å²) in [7, 11) is 3.05. The Kier molecular flexibility index (Phi) is 7.58. The SMILES string of the molecule is CCN(CC(=O)Nc1cccc(OC)c1)C(=O)C1CC(=O)N(c2cc(Cl)ccc2OC)C1. The number of nitrogens with one attached hydrogen (secondary N) is 1. The molecule has 2 aromatic carbocycles. The molecule has 32 heavy (non-hydrogen) atoms. The van der Waals surface area contributed by atoms with Crippen molar-refractivity contribution in [3.63, 3.8) is 0 Å². The predicted molar refractivity (Wildman–Crippen MR) is 122 cm³/mol. The zero-order valence-corrected chi connectivity index (χ0v) is 19.0. The minimum atomic E-state index is -0.559. The number of likely N-dealkylation sites (N-methyl/N-ethyl adjacent to an activating group) is 1. The average molecular weight is 460 g/mol. The van der Waals surface area contributed by atoms with Crippen LogP contribution in [0.5, 0.6) is 11.5 Å². The molecule has 9 heteroatoms. The molecular formula is C23H26ClN3O5. The lowest BCUT2D eigenvalue weighted by Gasteiger charge is -2.24. The molecule has 0 aromatic heterocycles. The molecule has 1 saturated heterocycles. The van der Waals surface area contributed by atoms with Crippen LogP contribution in [-0.2, 0) is 14.4 Å². The molecule has 0 radical (unpaired) electrons. The van der Waals surface area contributed by atoms with E-state index in [1.54, 1.807) is 56.5 Å². The number of anilines is 2. The van der Waals surface area contributed by atoms with E-state index in [0.29, 0.717) is 34.4 Å². The van der Waals surface area contributed by atoms with Gasteiger partial charge in [-0.1, -0.05) is 17.7 Å². The van der Waals surface area contributed by atoms with Crippen LogP contribution >= 0.6 is 11.6 Å². The zero-order valence-electron chi connectivity index (χ0n) is 18.3. The van der Waals surface area contributed by atoms with Gasteiger partial charge in [-0.25, -0.2) is 0 Å². The monoisotopic (exact) mass is 459 g/mol. The largest absolute Gasteiger partial charge is 0.497 e. The average Bonchev–Trinajstić information content (AvgIpc) is 3.18. The number of methoxy groups -OCH3 is 2. The van der Waals surface area contributed by atoms with Crippen molar-refractivity contribution in [3.05, 3.63) is 47.5 Å². The van der Waals surface area contributed by atoms with E-state index >= 15 is 0 Å². The van der Waals surface area contributed by atoms with Crippen LogP contribution in [0.15, 0.2) is 42.5 Å². The van der Waals surface area contributed by atoms with Crippen molar-refractivity contribution in [2.24, 2.45) is 5.92 Å². The van der Waals surface area contributed by atoms with Gasteiger partial charge in [0.1, 0.15) is 11.5 Å². The first kappa shape index (κ1) is 23.4. The van der Waals surface area contributed by atoms with Gasteiger partial charge < -0.3 is 24.6 Å². The van der Waals surface area contributed by atoms with Crippen molar-refractivity contribution in [2.45, 2.75) is 13.3 Å². The Bertz CT molecular complexity index is 1010. The lowest BCUT2D eigenvalue weighted by Crippen LogP contribution is -2.42. The molecule has 2 aromatic rings. The Morgan fingerprint density at radius 2 is 1.97 bits per heavy atom. The van der Waals surface area contributed by atoms with Crippen LogP contribution in [-0.4, -0.2) is 56.5 Å². The van der Waals surface area contributed by atoms with Crippen molar-refractivity contribution >= 4 is 40.7 Å². The first-order valence-corrected chi connectivity index (χ1v) is 10.6. The number of hydrogen-bond acceptors (Lipinski definition) is 5. The van der Waals surface area contributed by atoms with Gasteiger partial charge in [-0.15, -0.1) is 0 Å². The first-order chi connectivity index (χ1) is 15.4. The summed E-state index contributed by atoms with van der Waals surface area (Å²) in [6.07, 6.45) is 0.0580. The van der Waals surface area contributed by atoms with E-state index in [0.717, 1.165) is 0 Å². The van der Waals surface area contributed by atoms with Crippen molar-refractivity contribution < 1.29 is 23.9 Å². The molecule has 3 amide bonds. The number of hydrogen-bond donors (Lipinski definition) is 1. The minimum absolute atomic E-state index is 0.0580. The number of benzene rings is 2. The second-order valence-corrected chi connectivity index (χ2v) is 7.79. The van der Waals surface area contributed by atoms with Crippen LogP contribution in [0.2, 0.25) is 5.02 Å². The van der Waals surface area contributed by atoms with E-state index in [1.165, 1.54) is 16.9 Å². The summed E-state index contributed by atoms with van der Waals surface area (Å²) in [5.74, 6) is -0.207. The fraction of sp³-hybridized carbons (Fsp3) is 0.348. The Labute approximate surface area is 192 Å². The molecule has 1 aliphatic rings. The second-order valence-electron chi connectivity index (χ2n) is 7.35. The first-order valence-electron chi connectivity index (χ1n) is 10.2. The van der Waals surface area contributed by atoms with Crippen molar-refractivity contribution in [1.82, 2.24) is 4.90 Å². The van der Waals surface area contributed by atoms with Gasteiger partial charge in [0.2, 0.25) is 17.7 Å². The molecule has 1 fully saturated rings. The van der Waals surface area contributed by atoms with E-state index in [1.807, 2.05) is 0 Å². The molecule has 3 rings (SSSR count). The number of ether oxygens (including phenoxy) is 2. The van der Waals surface area contributed by atoms with E-state index < -0.39 is 5.92 Å². The molecule has 1 heterocycles. The maximum absolute atomic E-state index is 13.1. The molecule has 8 nitrogen and oxygen atoms in total. The molecule has 1 aliphatic heterocycles. The maximum atomic E-state index is 13.1. The van der Waals surface area contributed by atoms with Crippen molar-refractivity contribution in [2.75, 3.05) is 44.1 Å². The molecule has 0 aliphatic carbocycles. The number of rotatable bonds is 8. The number of carbonyl (C=O) groups is 3. The Morgan fingerprint density at radius 1 is 1.19 bits per heavy atom. The fourth-order valence-corrected chi connectivity index (χ4v) is 3.82. The van der Waals surface area contributed by atoms with Gasteiger partial charge in [0.15, 0.2) is 0 Å². The van der Waals surface area contributed by atoms with Gasteiger partial charge in [0.25, 0.3) is 0 Å². The van der Waals surface area contributed by atoms with Gasteiger partial charge in [-0.05, 0) is 37.3 Å². The summed E-state index contributed by atoms with van der Waals surface area (Å²) in [6, 6.07) is 12.0. The van der Waals surface area contributed by atoms with Crippen LogP contribution < -0.4 is 19.7 Å². The smallest absolute Gasteiger partial charge is 0.243 e. The lowest BCUT2D eigenvalue weighted by molar-refractivity contribution is -0.138. The number of carbonyl (C=O) groups excluding carboxylic acids is 3. The van der Waals surface area contributed by atoms with E-state index in [2.05, 4.69) is 5.32 Å². The van der Waals surface area contributed by atoms with Crippen LogP contribution in [0.1, 0.15) is 13.3 Å². The maximum Gasteiger partial charge on any atom is 0.243 e. The summed E-state index contributed by atoms with van der Waals surface area (Å²) < 4.78 is 10.5. The van der Waals surface area contributed by atoms with E-state index in [9.17, 15) is 14.4 Å². The summed E-state index contributed by atoms with van der Waals surface area (Å²) in [5.41, 5.74) is 1.10. The van der Waals surface area contributed by atoms with Gasteiger partial charge in [0, 0.05) is 36.3 Å². The van der Waals surface area contributed by atoms with E-state index in [4.69, 9.17) is 21.1 Å². The number of halogens is 1. The topological polar surface area (TPSA) is 88.2 Å². The Balaban J connectivity index is 1.67. The lowest BCUT2D eigenvalue weighted by atomic mass is 10.1. The van der Waals surface area contributed by atoms with Crippen LogP contribution in [0.4, 0.5) is 11.4 Å². The Morgan fingerprint density at radius 3 is 2.66 bits per heavy atom. The van der Waals surface area contributed by atoms with E-state index in [-0.39, 0.29) is 37.2 Å². The highest BCUT2D eigenvalue weighted by atomic mass is 35.5. The third-order valence-corrected chi connectivity index (χ3v) is 5.52. The third-order valence-electron chi connectivity index (χ3n) is 5.29. The summed E-state index contributed by atoms with van der Waals surface area (Å²) >= 11 is 6.09. The molecule has 1 unspecified atom stereocenters. The predicted octanol–water partition coefficient (Wildman–Crippen LogP) is 3.20. The summed E-state index contributed by atoms with van der Waals surface area (Å²) in [5, 5.41) is 3.24. The highest BCUT2D eigenvalue weighted by Crippen LogP contribution is 2.35. The van der Waals surface area contributed by atoms with Gasteiger partial charge in [0.05, 0.1) is 32.4 Å². The molecule has 1 N–H and O–H groups in total. The van der Waals surface area contributed by atoms with Crippen molar-refractivity contribution in [3.8, 4) is 11.5 Å². The van der Waals surface area contributed by atoms with Crippen molar-refractivity contribution in [1.29, 1.82) is 0 Å².